The first-order valence-corrected chi connectivity index (χ1v) is 13.6. The molecule has 1 amide bonds. The fourth-order valence-electron chi connectivity index (χ4n) is 5.16. The van der Waals surface area contributed by atoms with Gasteiger partial charge in [-0.3, -0.25) is 14.9 Å². The largest absolute Gasteiger partial charge is 0.484 e. The van der Waals surface area contributed by atoms with Crippen LogP contribution in [0.4, 0.5) is 0 Å². The monoisotopic (exact) mass is 552 g/mol. The summed E-state index contributed by atoms with van der Waals surface area (Å²) in [5, 5.41) is 4.33. The van der Waals surface area contributed by atoms with Crippen molar-refractivity contribution in [2.45, 2.75) is 44.1 Å². The summed E-state index contributed by atoms with van der Waals surface area (Å²) >= 11 is 12.2. The number of halogens is 2. The summed E-state index contributed by atoms with van der Waals surface area (Å²) in [5.74, 6) is 0.593. The van der Waals surface area contributed by atoms with Crippen LogP contribution in [0.2, 0.25) is 10.0 Å². The minimum atomic E-state index is -0.704. The molecule has 2 unspecified atom stereocenters. The third kappa shape index (κ3) is 6.21. The van der Waals surface area contributed by atoms with Crippen LogP contribution in [0.3, 0.4) is 0 Å². The van der Waals surface area contributed by atoms with E-state index in [9.17, 15) is 9.59 Å². The number of para-hydroxylation sites is 1. The van der Waals surface area contributed by atoms with Crippen molar-refractivity contribution in [3.05, 3.63) is 99.5 Å². The Bertz CT molecular complexity index is 1300. The molecule has 1 fully saturated rings. The molecule has 0 bridgehead atoms. The molecule has 198 valence electrons. The lowest BCUT2D eigenvalue weighted by Gasteiger charge is -2.45. The van der Waals surface area contributed by atoms with E-state index in [1.54, 1.807) is 18.2 Å². The van der Waals surface area contributed by atoms with E-state index in [1.165, 1.54) is 0 Å². The van der Waals surface area contributed by atoms with Crippen molar-refractivity contribution in [3.63, 3.8) is 0 Å². The summed E-state index contributed by atoms with van der Waals surface area (Å²) in [7, 11) is 0. The van der Waals surface area contributed by atoms with Crippen LogP contribution in [0.25, 0.3) is 0 Å². The van der Waals surface area contributed by atoms with Crippen molar-refractivity contribution in [3.8, 4) is 5.75 Å². The number of fused-ring (bicyclic) bond motifs is 1. The molecule has 3 aromatic rings. The van der Waals surface area contributed by atoms with Crippen molar-refractivity contribution in [2.75, 3.05) is 19.7 Å². The number of amides is 1. The van der Waals surface area contributed by atoms with Gasteiger partial charge >= 0.3 is 0 Å². The first-order valence-electron chi connectivity index (χ1n) is 12.8. The van der Waals surface area contributed by atoms with E-state index in [2.05, 4.69) is 5.32 Å². The third-order valence-electron chi connectivity index (χ3n) is 7.08. The molecule has 2 aliphatic heterocycles. The van der Waals surface area contributed by atoms with Gasteiger partial charge in [-0.1, -0.05) is 71.7 Å². The smallest absolute Gasteiger partial charge is 0.242 e. The number of likely N-dealkylation sites (tertiary alicyclic amines) is 1. The fourth-order valence-corrected chi connectivity index (χ4v) is 5.48. The van der Waals surface area contributed by atoms with Gasteiger partial charge in [-0.15, -0.1) is 0 Å². The summed E-state index contributed by atoms with van der Waals surface area (Å²) in [6.45, 7) is 1.97. The molecule has 5 rings (SSSR count). The SMILES string of the molecule is O=C1CC2(CCCN(C(=O)C(COCc3ccc(Cl)c(Cl)c3)NCc3ccccc3)C2)Oc2ccccc21. The predicted octanol–water partition coefficient (Wildman–Crippen LogP) is 5.70. The normalized spacial score (nSPS) is 19.6. The zero-order valence-corrected chi connectivity index (χ0v) is 22.5. The van der Waals surface area contributed by atoms with Crippen molar-refractivity contribution < 1.29 is 19.1 Å². The highest BCUT2D eigenvalue weighted by Gasteiger charge is 2.45. The molecule has 6 nitrogen and oxygen atoms in total. The van der Waals surface area contributed by atoms with Crippen LogP contribution < -0.4 is 10.1 Å². The van der Waals surface area contributed by atoms with Crippen LogP contribution in [0.5, 0.6) is 5.75 Å². The number of nitrogens with zero attached hydrogens (tertiary/aromatic N) is 1. The van der Waals surface area contributed by atoms with Gasteiger partial charge < -0.3 is 14.4 Å². The Morgan fingerprint density at radius 1 is 1.03 bits per heavy atom. The number of ether oxygens (including phenoxy) is 2. The highest BCUT2D eigenvalue weighted by atomic mass is 35.5. The average molecular weight is 553 g/mol. The van der Waals surface area contributed by atoms with Crippen LogP contribution in [0, 0.1) is 0 Å². The van der Waals surface area contributed by atoms with Gasteiger partial charge in [-0.05, 0) is 48.2 Å². The summed E-state index contributed by atoms with van der Waals surface area (Å²) in [5.41, 5.74) is 1.85. The zero-order valence-electron chi connectivity index (χ0n) is 21.0. The summed E-state index contributed by atoms with van der Waals surface area (Å²) < 4.78 is 12.4. The number of hydrogen-bond donors (Lipinski definition) is 1. The maximum atomic E-state index is 13.8. The molecule has 3 aromatic carbocycles. The minimum Gasteiger partial charge on any atom is -0.484 e. The number of hydrogen-bond acceptors (Lipinski definition) is 5. The molecule has 0 aliphatic carbocycles. The van der Waals surface area contributed by atoms with Gasteiger partial charge in [-0.25, -0.2) is 0 Å². The molecule has 2 aliphatic rings. The standard InChI is InChI=1S/C30H30Cl2N2O4/c31-24-12-11-22(15-25(24)32)18-37-19-26(33-17-21-7-2-1-3-8-21)29(36)34-14-6-13-30(20-34)16-27(35)23-9-4-5-10-28(23)38-30/h1-5,7-12,15,26,33H,6,13-14,16-20H2. The number of carbonyl (C=O) groups excluding carboxylic acids is 2. The van der Waals surface area contributed by atoms with Crippen LogP contribution in [0.15, 0.2) is 72.8 Å². The molecule has 0 aromatic heterocycles. The van der Waals surface area contributed by atoms with Crippen LogP contribution >= 0.6 is 23.2 Å². The highest BCUT2D eigenvalue weighted by molar-refractivity contribution is 6.42. The number of ketones is 1. The van der Waals surface area contributed by atoms with E-state index in [4.69, 9.17) is 32.7 Å². The van der Waals surface area contributed by atoms with E-state index in [0.717, 1.165) is 24.0 Å². The first kappa shape index (κ1) is 26.7. The maximum Gasteiger partial charge on any atom is 0.242 e. The molecular weight excluding hydrogens is 523 g/mol. The molecule has 2 atom stereocenters. The molecule has 38 heavy (non-hydrogen) atoms. The highest BCUT2D eigenvalue weighted by Crippen LogP contribution is 2.38. The Labute approximate surface area is 232 Å². The summed E-state index contributed by atoms with van der Waals surface area (Å²) in [4.78, 5) is 28.5. The lowest BCUT2D eigenvalue weighted by molar-refractivity contribution is -0.141. The molecule has 8 heteroatoms. The zero-order chi connectivity index (χ0) is 26.5. The van der Waals surface area contributed by atoms with Gasteiger partial charge in [0.05, 0.1) is 41.8 Å². The summed E-state index contributed by atoms with van der Waals surface area (Å²) in [6.07, 6.45) is 1.76. The molecule has 1 saturated heterocycles. The number of benzene rings is 3. The van der Waals surface area contributed by atoms with Crippen molar-refractivity contribution in [1.82, 2.24) is 10.2 Å². The number of Topliss-reactive ketones (excluding diaryl/α,β-unsaturated/α-hetero) is 1. The Morgan fingerprint density at radius 2 is 1.82 bits per heavy atom. The molecule has 0 saturated carbocycles. The molecule has 1 spiro atoms. The maximum absolute atomic E-state index is 13.8. The quantitative estimate of drug-likeness (QED) is 0.388. The predicted molar refractivity (Wildman–Crippen MR) is 148 cm³/mol. The van der Waals surface area contributed by atoms with E-state index in [-0.39, 0.29) is 24.7 Å². The third-order valence-corrected chi connectivity index (χ3v) is 7.82. The minimum absolute atomic E-state index is 0.0601. The molecule has 0 radical (unpaired) electrons. The van der Waals surface area contributed by atoms with E-state index < -0.39 is 11.6 Å². The Morgan fingerprint density at radius 3 is 2.63 bits per heavy atom. The van der Waals surface area contributed by atoms with Gasteiger partial charge in [0.2, 0.25) is 5.91 Å². The lowest BCUT2D eigenvalue weighted by Crippen LogP contribution is -2.59. The Kier molecular flexibility index (Phi) is 8.34. The Balaban J connectivity index is 1.28. The van der Waals surface area contributed by atoms with Gasteiger partial charge in [-0.2, -0.15) is 0 Å². The van der Waals surface area contributed by atoms with Crippen LogP contribution in [-0.4, -0.2) is 47.9 Å². The van der Waals surface area contributed by atoms with E-state index in [1.807, 2.05) is 59.5 Å². The van der Waals surface area contributed by atoms with E-state index >= 15 is 0 Å². The van der Waals surface area contributed by atoms with Crippen LogP contribution in [0.1, 0.15) is 40.7 Å². The number of carbonyl (C=O) groups is 2. The molecule has 1 N–H and O–H groups in total. The second-order valence-electron chi connectivity index (χ2n) is 9.93. The van der Waals surface area contributed by atoms with Crippen molar-refractivity contribution in [1.29, 1.82) is 0 Å². The van der Waals surface area contributed by atoms with Crippen molar-refractivity contribution in [2.24, 2.45) is 0 Å². The first-order chi connectivity index (χ1) is 18.4. The van der Waals surface area contributed by atoms with Gasteiger partial charge in [0.1, 0.15) is 17.4 Å². The van der Waals surface area contributed by atoms with Crippen molar-refractivity contribution >= 4 is 34.9 Å². The topological polar surface area (TPSA) is 67.9 Å². The number of nitrogens with one attached hydrogen (secondary N) is 1. The van der Waals surface area contributed by atoms with Crippen LogP contribution in [-0.2, 0) is 22.7 Å². The number of piperidine rings is 1. The van der Waals surface area contributed by atoms with E-state index in [0.29, 0.717) is 47.6 Å². The summed E-state index contributed by atoms with van der Waals surface area (Å²) in [6, 6.07) is 22.0. The average Bonchev–Trinajstić information content (AvgIpc) is 2.92. The fraction of sp³-hybridized carbons (Fsp3) is 0.333. The van der Waals surface area contributed by atoms with Gasteiger partial charge in [0.15, 0.2) is 5.78 Å². The van der Waals surface area contributed by atoms with Gasteiger partial charge in [0, 0.05) is 13.1 Å². The van der Waals surface area contributed by atoms with Gasteiger partial charge in [0.25, 0.3) is 0 Å². The molecule has 2 heterocycles. The molecular formula is C30H30Cl2N2O4. The number of rotatable bonds is 8. The lowest BCUT2D eigenvalue weighted by atomic mass is 9.83. The second kappa shape index (κ2) is 11.9. The second-order valence-corrected chi connectivity index (χ2v) is 10.7. The Hall–Kier alpha value is -2.90.